The number of benzene rings is 7. The molecule has 3 nitrogen and oxygen atoms in total. The second-order valence-corrected chi connectivity index (χ2v) is 12.7. The summed E-state index contributed by atoms with van der Waals surface area (Å²) in [5, 5.41) is 2.50. The van der Waals surface area contributed by atoms with Crippen LogP contribution in [0.2, 0.25) is 0 Å². The van der Waals surface area contributed by atoms with E-state index < -0.39 is 0 Å². The second-order valence-electron chi connectivity index (χ2n) is 12.7. The third-order valence-electron chi connectivity index (χ3n) is 9.68. The van der Waals surface area contributed by atoms with Gasteiger partial charge in [0.2, 0.25) is 5.89 Å². The molecule has 0 aliphatic heterocycles. The number of rotatable bonds is 6. The summed E-state index contributed by atoms with van der Waals surface area (Å²) in [6.45, 7) is 4.27. The summed E-state index contributed by atoms with van der Waals surface area (Å²) in [4.78, 5) is 4.86. The Labute approximate surface area is 285 Å². The number of hydrogen-bond acceptors (Lipinski definition) is 2. The van der Waals surface area contributed by atoms with Gasteiger partial charge in [0, 0.05) is 22.0 Å². The van der Waals surface area contributed by atoms with Crippen LogP contribution in [0.25, 0.3) is 83.4 Å². The Morgan fingerprint density at radius 1 is 0.531 bits per heavy atom. The molecule has 0 saturated carbocycles. The van der Waals surface area contributed by atoms with Gasteiger partial charge in [0.05, 0.1) is 11.0 Å². The number of fused-ring (bicyclic) bond motifs is 4. The average molecular weight is 631 g/mol. The van der Waals surface area contributed by atoms with Gasteiger partial charge in [-0.05, 0) is 106 Å². The van der Waals surface area contributed by atoms with E-state index in [0.717, 1.165) is 28.6 Å². The molecule has 7 aromatic carbocycles. The summed E-state index contributed by atoms with van der Waals surface area (Å²) < 4.78 is 8.67. The summed E-state index contributed by atoms with van der Waals surface area (Å²) in [6.07, 6.45) is 0.912. The first-order chi connectivity index (χ1) is 24.2. The minimum atomic E-state index is 0.657. The van der Waals surface area contributed by atoms with Gasteiger partial charge in [0.15, 0.2) is 5.58 Å². The van der Waals surface area contributed by atoms with Crippen molar-refractivity contribution in [3.05, 3.63) is 169 Å². The lowest BCUT2D eigenvalue weighted by Crippen LogP contribution is -1.93. The van der Waals surface area contributed by atoms with Crippen molar-refractivity contribution in [3.8, 4) is 50.5 Å². The molecule has 2 heterocycles. The van der Waals surface area contributed by atoms with Crippen molar-refractivity contribution >= 4 is 32.9 Å². The molecule has 3 heteroatoms. The second kappa shape index (κ2) is 11.8. The highest BCUT2D eigenvalue weighted by Gasteiger charge is 2.17. The molecule has 49 heavy (non-hydrogen) atoms. The van der Waals surface area contributed by atoms with E-state index >= 15 is 0 Å². The van der Waals surface area contributed by atoms with Crippen molar-refractivity contribution in [3.63, 3.8) is 0 Å². The van der Waals surface area contributed by atoms with Gasteiger partial charge in [-0.25, -0.2) is 4.98 Å². The van der Waals surface area contributed by atoms with Crippen LogP contribution in [-0.2, 0) is 6.42 Å². The molecule has 0 N–H and O–H groups in total. The summed E-state index contributed by atoms with van der Waals surface area (Å²) in [5.41, 5.74) is 15.9. The van der Waals surface area contributed by atoms with E-state index in [0.29, 0.717) is 5.89 Å². The molecule has 0 aliphatic rings. The van der Waals surface area contributed by atoms with Crippen LogP contribution in [0.3, 0.4) is 0 Å². The Balaban J connectivity index is 1.13. The van der Waals surface area contributed by atoms with Crippen LogP contribution in [0.15, 0.2) is 162 Å². The molecule has 9 rings (SSSR count). The molecular formula is C46H34N2O. The average Bonchev–Trinajstić information content (AvgIpc) is 3.74. The number of aryl methyl sites for hydroxylation is 2. The van der Waals surface area contributed by atoms with Crippen LogP contribution in [0.1, 0.15) is 18.1 Å². The van der Waals surface area contributed by atoms with Crippen molar-refractivity contribution in [2.75, 3.05) is 0 Å². The number of para-hydroxylation sites is 2. The SMILES string of the molecule is CCc1cc(C)cc2nc(-c3ccc(-c4ccccc4-c4ccccc4-c4ccc5c(c4)c4ccccc4n5-c4ccccc4)cc3)oc12. The lowest BCUT2D eigenvalue weighted by Gasteiger charge is -2.15. The maximum atomic E-state index is 6.31. The number of nitrogens with zero attached hydrogens (tertiary/aromatic N) is 2. The molecule has 0 fully saturated rings. The Bertz CT molecular complexity index is 2640. The van der Waals surface area contributed by atoms with Crippen LogP contribution >= 0.6 is 0 Å². The zero-order valence-electron chi connectivity index (χ0n) is 27.5. The van der Waals surface area contributed by atoms with Crippen LogP contribution < -0.4 is 0 Å². The van der Waals surface area contributed by atoms with Gasteiger partial charge < -0.3 is 8.98 Å². The highest BCUT2D eigenvalue weighted by Crippen LogP contribution is 2.41. The summed E-state index contributed by atoms with van der Waals surface area (Å²) >= 11 is 0. The summed E-state index contributed by atoms with van der Waals surface area (Å²) in [7, 11) is 0. The van der Waals surface area contributed by atoms with Gasteiger partial charge in [-0.15, -0.1) is 0 Å². The molecule has 234 valence electrons. The number of aromatic nitrogens is 2. The Morgan fingerprint density at radius 3 is 1.86 bits per heavy atom. The van der Waals surface area contributed by atoms with Crippen LogP contribution in [0, 0.1) is 6.92 Å². The predicted molar refractivity (Wildman–Crippen MR) is 204 cm³/mol. The molecule has 9 aromatic rings. The predicted octanol–water partition coefficient (Wildman–Crippen LogP) is 12.5. The van der Waals surface area contributed by atoms with Crippen LogP contribution in [-0.4, -0.2) is 9.55 Å². The largest absolute Gasteiger partial charge is 0.436 e. The van der Waals surface area contributed by atoms with Crippen molar-refractivity contribution < 1.29 is 4.42 Å². The third-order valence-corrected chi connectivity index (χ3v) is 9.68. The lowest BCUT2D eigenvalue weighted by molar-refractivity contribution is 0.615. The van der Waals surface area contributed by atoms with Gasteiger partial charge in [-0.2, -0.15) is 0 Å². The first-order valence-corrected chi connectivity index (χ1v) is 16.9. The fourth-order valence-electron chi connectivity index (χ4n) is 7.37. The van der Waals surface area contributed by atoms with E-state index in [1.807, 2.05) is 0 Å². The minimum absolute atomic E-state index is 0.657. The molecule has 0 spiro atoms. The van der Waals surface area contributed by atoms with Crippen LogP contribution in [0.5, 0.6) is 0 Å². The Hall–Kier alpha value is -6.19. The van der Waals surface area contributed by atoms with E-state index in [2.05, 4.69) is 176 Å². The molecule has 0 amide bonds. The van der Waals surface area contributed by atoms with Crippen molar-refractivity contribution in [2.45, 2.75) is 20.3 Å². The van der Waals surface area contributed by atoms with Crippen molar-refractivity contribution in [2.24, 2.45) is 0 Å². The molecule has 0 aliphatic carbocycles. The zero-order valence-corrected chi connectivity index (χ0v) is 27.5. The van der Waals surface area contributed by atoms with E-state index in [-0.39, 0.29) is 0 Å². The topological polar surface area (TPSA) is 31.0 Å². The quantitative estimate of drug-likeness (QED) is 0.183. The van der Waals surface area contributed by atoms with E-state index in [4.69, 9.17) is 9.40 Å². The molecule has 2 aromatic heterocycles. The Kier molecular flexibility index (Phi) is 6.98. The van der Waals surface area contributed by atoms with E-state index in [1.165, 1.54) is 66.4 Å². The summed E-state index contributed by atoms with van der Waals surface area (Å²) in [6, 6.07) is 56.6. The first kappa shape index (κ1) is 29.0. The van der Waals surface area contributed by atoms with Gasteiger partial charge >= 0.3 is 0 Å². The number of oxazole rings is 1. The lowest BCUT2D eigenvalue weighted by atomic mass is 9.89. The highest BCUT2D eigenvalue weighted by molar-refractivity contribution is 6.11. The monoisotopic (exact) mass is 630 g/mol. The summed E-state index contributed by atoms with van der Waals surface area (Å²) in [5.74, 6) is 0.657. The third kappa shape index (κ3) is 4.94. The Morgan fingerprint density at radius 2 is 1.12 bits per heavy atom. The van der Waals surface area contributed by atoms with Gasteiger partial charge in [0.25, 0.3) is 0 Å². The smallest absolute Gasteiger partial charge is 0.227 e. The zero-order chi connectivity index (χ0) is 32.9. The van der Waals surface area contributed by atoms with Gasteiger partial charge in [0.1, 0.15) is 5.52 Å². The molecule has 0 bridgehead atoms. The van der Waals surface area contributed by atoms with Crippen molar-refractivity contribution in [1.82, 2.24) is 9.55 Å². The molecule has 0 saturated heterocycles. The van der Waals surface area contributed by atoms with Crippen molar-refractivity contribution in [1.29, 1.82) is 0 Å². The molecule has 0 unspecified atom stereocenters. The van der Waals surface area contributed by atoms with Crippen LogP contribution in [0.4, 0.5) is 0 Å². The van der Waals surface area contributed by atoms with E-state index in [1.54, 1.807) is 0 Å². The molecule has 0 atom stereocenters. The maximum Gasteiger partial charge on any atom is 0.227 e. The molecule has 0 radical (unpaired) electrons. The highest BCUT2D eigenvalue weighted by atomic mass is 16.3. The first-order valence-electron chi connectivity index (χ1n) is 16.9. The normalized spacial score (nSPS) is 11.6. The number of hydrogen-bond donors (Lipinski definition) is 0. The molecular weight excluding hydrogens is 597 g/mol. The fraction of sp³-hybridized carbons (Fsp3) is 0.0652. The van der Waals surface area contributed by atoms with Gasteiger partial charge in [-0.1, -0.05) is 116 Å². The maximum absolute atomic E-state index is 6.31. The van der Waals surface area contributed by atoms with E-state index in [9.17, 15) is 0 Å². The standard InChI is InChI=1S/C46H34N2O/c1-3-31-27-30(2)28-42-45(31)49-46(47-42)33-23-21-32(22-24-33)36-15-7-9-17-38(36)39-18-10-8-16-37(39)34-25-26-44-41(29-34)40-19-11-12-20-43(40)48(44)35-13-5-4-6-14-35/h4-29H,3H2,1-2H3. The van der Waals surface area contributed by atoms with Gasteiger partial charge in [-0.3, -0.25) is 0 Å². The minimum Gasteiger partial charge on any atom is -0.436 e. The fourth-order valence-corrected chi connectivity index (χ4v) is 7.37.